The number of fused-ring (bicyclic) bond motifs is 2. The molecule has 14 heteroatoms. The van der Waals surface area contributed by atoms with Crippen LogP contribution < -0.4 is 0 Å². The average Bonchev–Trinajstić information content (AvgIpc) is 3.62. The van der Waals surface area contributed by atoms with Crippen LogP contribution in [-0.4, -0.2) is 140 Å². The molecular weight excluding hydrogens is 653 g/mol. The summed E-state index contributed by atoms with van der Waals surface area (Å²) in [7, 11) is 4.19. The molecule has 0 saturated heterocycles. The van der Waals surface area contributed by atoms with E-state index in [0.29, 0.717) is 0 Å². The number of aromatic nitrogens is 2. The van der Waals surface area contributed by atoms with Gasteiger partial charge >= 0.3 is 0 Å². The zero-order valence-corrected chi connectivity index (χ0v) is 30.8. The van der Waals surface area contributed by atoms with Gasteiger partial charge in [-0.3, -0.25) is 0 Å². The third kappa shape index (κ3) is 10.8. The highest BCUT2D eigenvalue weighted by molar-refractivity contribution is 7.88. The van der Waals surface area contributed by atoms with Crippen molar-refractivity contribution in [3.05, 3.63) is 71.0 Å². The van der Waals surface area contributed by atoms with Crippen molar-refractivity contribution in [2.24, 2.45) is 0 Å². The minimum Gasteiger partial charge on any atom is -0.378 e. The topological polar surface area (TPSA) is 131 Å². The van der Waals surface area contributed by atoms with E-state index >= 15 is 0 Å². The first-order valence-electron chi connectivity index (χ1n) is 16.3. The van der Waals surface area contributed by atoms with Gasteiger partial charge in [0.2, 0.25) is 20.0 Å². The van der Waals surface area contributed by atoms with E-state index in [1.807, 2.05) is 77.0 Å². The number of benzene rings is 2. The van der Waals surface area contributed by atoms with E-state index in [1.54, 1.807) is 14.1 Å². The maximum Gasteiger partial charge on any atom is 0.218 e. The fourth-order valence-corrected chi connectivity index (χ4v) is 7.71. The maximum absolute atomic E-state index is 13.0. The van der Waals surface area contributed by atoms with E-state index in [4.69, 9.17) is 9.47 Å². The predicted molar refractivity (Wildman–Crippen MR) is 193 cm³/mol. The highest BCUT2D eigenvalue weighted by atomic mass is 32.2. The van der Waals surface area contributed by atoms with Crippen LogP contribution >= 0.6 is 0 Å². The normalized spacial score (nSPS) is 13.0. The highest BCUT2D eigenvalue weighted by Gasteiger charge is 2.20. The molecule has 0 aliphatic rings. The Labute approximate surface area is 286 Å². The molecule has 12 nitrogen and oxygen atoms in total. The van der Waals surface area contributed by atoms with Crippen LogP contribution in [0.4, 0.5) is 0 Å². The van der Waals surface area contributed by atoms with E-state index in [1.165, 1.54) is 19.7 Å². The summed E-state index contributed by atoms with van der Waals surface area (Å²) in [6, 6.07) is 11.5. The molecule has 2 aromatic carbocycles. The summed E-state index contributed by atoms with van der Waals surface area (Å²) in [4.78, 5) is 10.8. The number of nitrogens with zero attached hydrogens (tertiary/aromatic N) is 4. The van der Waals surface area contributed by atoms with Crippen molar-refractivity contribution in [3.8, 4) is 0 Å². The Balaban J connectivity index is 1.14. The molecule has 0 aliphatic heterocycles. The summed E-state index contributed by atoms with van der Waals surface area (Å²) in [6.45, 7) is 3.25. The summed E-state index contributed by atoms with van der Waals surface area (Å²) in [6.07, 6.45) is 5.75. The van der Waals surface area contributed by atoms with Gasteiger partial charge in [-0.2, -0.15) is 0 Å². The van der Waals surface area contributed by atoms with Crippen molar-refractivity contribution in [1.82, 2.24) is 28.4 Å². The molecule has 0 saturated carbocycles. The highest BCUT2D eigenvalue weighted by Crippen LogP contribution is 2.23. The Morgan fingerprint density at radius 2 is 0.958 bits per heavy atom. The molecule has 48 heavy (non-hydrogen) atoms. The number of hydrogen-bond acceptors (Lipinski definition) is 8. The zero-order chi connectivity index (χ0) is 34.9. The lowest BCUT2D eigenvalue weighted by atomic mass is 10.1. The number of rotatable bonds is 21. The van der Waals surface area contributed by atoms with Gasteiger partial charge in [0.15, 0.2) is 0 Å². The summed E-state index contributed by atoms with van der Waals surface area (Å²) in [5.74, 6) is -0.175. The van der Waals surface area contributed by atoms with Gasteiger partial charge in [-0.1, -0.05) is 12.1 Å². The number of likely N-dealkylation sites (N-methyl/N-ethyl adjacent to an activating group) is 4. The summed E-state index contributed by atoms with van der Waals surface area (Å²) in [5.41, 5.74) is 5.83. The smallest absolute Gasteiger partial charge is 0.218 e. The average molecular weight is 705 g/mol. The molecule has 4 aromatic rings. The van der Waals surface area contributed by atoms with Crippen LogP contribution in [0.25, 0.3) is 21.8 Å². The van der Waals surface area contributed by atoms with Crippen molar-refractivity contribution in [2.45, 2.75) is 24.3 Å². The van der Waals surface area contributed by atoms with E-state index in [-0.39, 0.29) is 51.0 Å². The molecule has 0 aliphatic carbocycles. The number of aromatic amines is 2. The van der Waals surface area contributed by atoms with Gasteiger partial charge in [0.05, 0.1) is 37.9 Å². The van der Waals surface area contributed by atoms with Crippen LogP contribution in [0.5, 0.6) is 0 Å². The third-order valence-electron chi connectivity index (χ3n) is 8.44. The second-order valence-corrected chi connectivity index (χ2v) is 17.0. The largest absolute Gasteiger partial charge is 0.378 e. The molecule has 266 valence electrons. The molecule has 2 N–H and O–H groups in total. The fourth-order valence-electron chi connectivity index (χ4n) is 5.36. The quantitative estimate of drug-likeness (QED) is 0.127. The Hall–Kier alpha value is -2.82. The van der Waals surface area contributed by atoms with E-state index in [9.17, 15) is 16.8 Å². The summed E-state index contributed by atoms with van der Waals surface area (Å²) < 4.78 is 65.9. The second kappa shape index (κ2) is 17.2. The zero-order valence-electron chi connectivity index (χ0n) is 29.2. The molecule has 2 heterocycles. The fraction of sp³-hybridized carbons (Fsp3) is 0.529. The Bertz CT molecular complexity index is 1700. The lowest BCUT2D eigenvalue weighted by Crippen LogP contribution is -2.32. The van der Waals surface area contributed by atoms with Crippen LogP contribution in [0.15, 0.2) is 48.8 Å². The number of hydrogen-bond donors (Lipinski definition) is 2. The molecule has 0 fully saturated rings. The van der Waals surface area contributed by atoms with Crippen LogP contribution in [0, 0.1) is 0 Å². The monoisotopic (exact) mass is 704 g/mol. The van der Waals surface area contributed by atoms with Crippen LogP contribution in [0.1, 0.15) is 22.3 Å². The molecule has 0 bridgehead atoms. The molecule has 2 aromatic heterocycles. The second-order valence-electron chi connectivity index (χ2n) is 12.9. The minimum atomic E-state index is -3.53. The van der Waals surface area contributed by atoms with Crippen molar-refractivity contribution >= 4 is 41.9 Å². The first kappa shape index (κ1) is 38.0. The lowest BCUT2D eigenvalue weighted by molar-refractivity contribution is 0.0435. The predicted octanol–water partition coefficient (Wildman–Crippen LogP) is 3.11. The maximum atomic E-state index is 13.0. The standard InChI is InChI=1S/C34H52N6O6S2/c1-37(2)13-11-29-23-35-33-9-7-27(21-31(29)33)25-47(41,42)39(5)15-17-45-19-20-46-18-16-40(6)48(43,44)26-28-8-10-34-32(22-28)30(24-36-34)12-14-38(3)4/h7-10,21-24,35-36H,11-20,25-26H2,1-6H3. The van der Waals surface area contributed by atoms with Gasteiger partial charge in [0.25, 0.3) is 0 Å². The first-order chi connectivity index (χ1) is 22.7. The number of H-pyrrole nitrogens is 2. The molecule has 0 radical (unpaired) electrons. The van der Waals surface area contributed by atoms with Crippen molar-refractivity contribution in [3.63, 3.8) is 0 Å². The van der Waals surface area contributed by atoms with Gasteiger partial charge in [-0.05, 0) is 87.6 Å². The Morgan fingerprint density at radius 3 is 1.33 bits per heavy atom. The number of sulfonamides is 2. The van der Waals surface area contributed by atoms with Gasteiger partial charge in [-0.25, -0.2) is 25.4 Å². The summed E-state index contributed by atoms with van der Waals surface area (Å²) in [5, 5.41) is 2.11. The number of ether oxygens (including phenoxy) is 2. The van der Waals surface area contributed by atoms with Gasteiger partial charge in [-0.15, -0.1) is 0 Å². The SMILES string of the molecule is CN(C)CCc1c[nH]c2ccc(CS(=O)(=O)N(C)CCOCCOCCN(C)S(=O)(=O)Cc3ccc4[nH]cc(CCN(C)C)c4c3)cc12. The van der Waals surface area contributed by atoms with Crippen molar-refractivity contribution < 1.29 is 26.3 Å². The molecule has 0 spiro atoms. The Morgan fingerprint density at radius 1 is 0.562 bits per heavy atom. The Kier molecular flexibility index (Phi) is 13.6. The van der Waals surface area contributed by atoms with Gasteiger partial charge in [0.1, 0.15) is 0 Å². The number of nitrogens with one attached hydrogen (secondary N) is 2. The molecule has 0 amide bonds. The minimum absolute atomic E-state index is 0.0875. The molecule has 0 unspecified atom stereocenters. The summed E-state index contributed by atoms with van der Waals surface area (Å²) >= 11 is 0. The van der Waals surface area contributed by atoms with Crippen LogP contribution in [-0.2, 0) is 53.9 Å². The van der Waals surface area contributed by atoms with Crippen LogP contribution in [0.3, 0.4) is 0 Å². The molecule has 4 rings (SSSR count). The molecule has 0 atom stereocenters. The van der Waals surface area contributed by atoms with E-state index in [0.717, 1.165) is 58.9 Å². The van der Waals surface area contributed by atoms with Gasteiger partial charge in [0, 0.05) is 74.5 Å². The van der Waals surface area contributed by atoms with E-state index in [2.05, 4.69) is 19.8 Å². The van der Waals surface area contributed by atoms with Gasteiger partial charge < -0.3 is 29.2 Å². The van der Waals surface area contributed by atoms with Crippen molar-refractivity contribution in [2.75, 3.05) is 94.9 Å². The van der Waals surface area contributed by atoms with Crippen molar-refractivity contribution in [1.29, 1.82) is 0 Å². The first-order valence-corrected chi connectivity index (χ1v) is 19.5. The van der Waals surface area contributed by atoms with Crippen LogP contribution in [0.2, 0.25) is 0 Å². The third-order valence-corrected chi connectivity index (χ3v) is 12.1. The lowest BCUT2D eigenvalue weighted by Gasteiger charge is -2.18. The molecular formula is C34H52N6O6S2. The van der Waals surface area contributed by atoms with E-state index < -0.39 is 20.0 Å².